The van der Waals surface area contributed by atoms with Crippen LogP contribution in [-0.2, 0) is 6.54 Å². The van der Waals surface area contributed by atoms with Gasteiger partial charge in [-0.1, -0.05) is 12.1 Å². The third-order valence-electron chi connectivity index (χ3n) is 4.28. The first-order valence-corrected chi connectivity index (χ1v) is 8.12. The van der Waals surface area contributed by atoms with Crippen molar-refractivity contribution in [2.75, 3.05) is 0 Å². The van der Waals surface area contributed by atoms with Crippen LogP contribution >= 0.6 is 0 Å². The average Bonchev–Trinajstić information content (AvgIpc) is 3.44. The Balaban J connectivity index is 1.81. The SMILES string of the molecule is Cc1nc(C(=O)N(Cc2ccc([N+](=O)[O-])cc2)C2CC2)ccc1C(=O)O. The molecular weight excluding hydrogens is 338 g/mol. The Morgan fingerprint density at radius 3 is 2.38 bits per heavy atom. The van der Waals surface area contributed by atoms with Gasteiger partial charge in [-0.3, -0.25) is 14.9 Å². The largest absolute Gasteiger partial charge is 0.478 e. The molecule has 134 valence electrons. The number of non-ortho nitro benzene ring substituents is 1. The van der Waals surface area contributed by atoms with E-state index in [0.29, 0.717) is 6.54 Å². The van der Waals surface area contributed by atoms with Crippen molar-refractivity contribution in [1.29, 1.82) is 0 Å². The van der Waals surface area contributed by atoms with Crippen LogP contribution in [0.4, 0.5) is 5.69 Å². The number of benzene rings is 1. The molecule has 1 aromatic heterocycles. The Kier molecular flexibility index (Phi) is 4.66. The van der Waals surface area contributed by atoms with Crippen molar-refractivity contribution in [3.8, 4) is 0 Å². The molecule has 1 saturated carbocycles. The molecule has 1 aromatic carbocycles. The molecular formula is C18H17N3O5. The molecule has 1 aliphatic carbocycles. The highest BCUT2D eigenvalue weighted by Crippen LogP contribution is 2.30. The van der Waals surface area contributed by atoms with Gasteiger partial charge < -0.3 is 10.0 Å². The zero-order chi connectivity index (χ0) is 18.8. The standard InChI is InChI=1S/C18H17N3O5/c1-11-15(18(23)24)8-9-16(19-11)17(22)20(13-6-7-13)10-12-2-4-14(5-3-12)21(25)26/h2-5,8-9,13H,6-7,10H2,1H3,(H,23,24). The molecule has 0 bridgehead atoms. The van der Waals surface area contributed by atoms with Gasteiger partial charge in [0.15, 0.2) is 0 Å². The third-order valence-corrected chi connectivity index (χ3v) is 4.28. The first kappa shape index (κ1) is 17.5. The van der Waals surface area contributed by atoms with E-state index in [1.807, 2.05) is 0 Å². The van der Waals surface area contributed by atoms with Crippen LogP contribution in [0.2, 0.25) is 0 Å². The van der Waals surface area contributed by atoms with Crippen LogP contribution in [-0.4, -0.2) is 37.8 Å². The van der Waals surface area contributed by atoms with Crippen LogP contribution in [0.1, 0.15) is 44.9 Å². The number of aromatic carboxylic acids is 1. The predicted molar refractivity (Wildman–Crippen MR) is 91.9 cm³/mol. The first-order valence-electron chi connectivity index (χ1n) is 8.12. The van der Waals surface area contributed by atoms with Gasteiger partial charge in [-0.15, -0.1) is 0 Å². The number of carbonyl (C=O) groups excluding carboxylic acids is 1. The number of pyridine rings is 1. The lowest BCUT2D eigenvalue weighted by molar-refractivity contribution is -0.384. The van der Waals surface area contributed by atoms with Crippen molar-refractivity contribution in [2.24, 2.45) is 0 Å². The van der Waals surface area contributed by atoms with Crippen LogP contribution < -0.4 is 0 Å². The summed E-state index contributed by atoms with van der Waals surface area (Å²) in [7, 11) is 0. The van der Waals surface area contributed by atoms with E-state index >= 15 is 0 Å². The normalized spacial score (nSPS) is 13.3. The van der Waals surface area contributed by atoms with E-state index < -0.39 is 10.9 Å². The maximum absolute atomic E-state index is 12.8. The maximum Gasteiger partial charge on any atom is 0.337 e. The zero-order valence-electron chi connectivity index (χ0n) is 14.1. The molecule has 0 atom stereocenters. The minimum atomic E-state index is -1.08. The second-order valence-corrected chi connectivity index (χ2v) is 6.22. The van der Waals surface area contributed by atoms with Crippen molar-refractivity contribution in [2.45, 2.75) is 32.4 Å². The van der Waals surface area contributed by atoms with Gasteiger partial charge in [-0.2, -0.15) is 0 Å². The molecule has 1 fully saturated rings. The van der Waals surface area contributed by atoms with E-state index in [-0.39, 0.29) is 34.6 Å². The topological polar surface area (TPSA) is 114 Å². The number of aromatic nitrogens is 1. The Morgan fingerprint density at radius 1 is 1.23 bits per heavy atom. The lowest BCUT2D eigenvalue weighted by atomic mass is 10.1. The summed E-state index contributed by atoms with van der Waals surface area (Å²) >= 11 is 0. The Morgan fingerprint density at radius 2 is 1.88 bits per heavy atom. The van der Waals surface area contributed by atoms with Crippen LogP contribution in [0.5, 0.6) is 0 Å². The molecule has 8 nitrogen and oxygen atoms in total. The Labute approximate surface area is 149 Å². The highest BCUT2D eigenvalue weighted by atomic mass is 16.6. The summed E-state index contributed by atoms with van der Waals surface area (Å²) in [6.07, 6.45) is 1.79. The molecule has 0 radical (unpaired) electrons. The molecule has 1 aliphatic rings. The quantitative estimate of drug-likeness (QED) is 0.629. The fourth-order valence-electron chi connectivity index (χ4n) is 2.73. The van der Waals surface area contributed by atoms with Crippen molar-refractivity contribution in [3.05, 3.63) is 69.0 Å². The molecule has 0 unspecified atom stereocenters. The summed E-state index contributed by atoms with van der Waals surface area (Å²) in [5.74, 6) is -1.36. The minimum absolute atomic E-state index is 0.000371. The molecule has 0 saturated heterocycles. The predicted octanol–water partition coefficient (Wildman–Crippen LogP) is 2.80. The number of hydrogen-bond donors (Lipinski definition) is 1. The molecule has 8 heteroatoms. The number of nitro groups is 1. The summed E-state index contributed by atoms with van der Waals surface area (Å²) < 4.78 is 0. The number of aryl methyl sites for hydroxylation is 1. The number of rotatable bonds is 6. The van der Waals surface area contributed by atoms with Crippen molar-refractivity contribution in [3.63, 3.8) is 0 Å². The van der Waals surface area contributed by atoms with E-state index in [9.17, 15) is 19.7 Å². The van der Waals surface area contributed by atoms with Crippen LogP contribution in [0, 0.1) is 17.0 Å². The van der Waals surface area contributed by atoms with Crippen molar-refractivity contribution in [1.82, 2.24) is 9.88 Å². The number of carboxylic acids is 1. The number of nitrogens with zero attached hydrogens (tertiary/aromatic N) is 3. The third kappa shape index (κ3) is 3.69. The molecule has 1 N–H and O–H groups in total. The van der Waals surface area contributed by atoms with Gasteiger partial charge in [0.05, 0.1) is 16.2 Å². The van der Waals surface area contributed by atoms with E-state index in [0.717, 1.165) is 18.4 Å². The average molecular weight is 355 g/mol. The van der Waals surface area contributed by atoms with Crippen LogP contribution in [0.25, 0.3) is 0 Å². The number of amides is 1. The Hall–Kier alpha value is -3.29. The zero-order valence-corrected chi connectivity index (χ0v) is 14.1. The molecule has 3 rings (SSSR count). The van der Waals surface area contributed by atoms with Crippen LogP contribution in [0.3, 0.4) is 0 Å². The summed E-state index contributed by atoms with van der Waals surface area (Å²) in [6.45, 7) is 1.88. The molecule has 1 amide bonds. The summed E-state index contributed by atoms with van der Waals surface area (Å²) in [5, 5.41) is 19.8. The number of hydrogen-bond acceptors (Lipinski definition) is 5. The van der Waals surface area contributed by atoms with Crippen molar-refractivity contribution >= 4 is 17.6 Å². The molecule has 26 heavy (non-hydrogen) atoms. The summed E-state index contributed by atoms with van der Waals surface area (Å²) in [6, 6.07) is 9.00. The van der Waals surface area contributed by atoms with E-state index in [4.69, 9.17) is 5.11 Å². The van der Waals surface area contributed by atoms with Gasteiger partial charge in [0, 0.05) is 24.7 Å². The fraction of sp³-hybridized carbons (Fsp3) is 0.278. The van der Waals surface area contributed by atoms with E-state index in [1.54, 1.807) is 24.0 Å². The minimum Gasteiger partial charge on any atom is -0.478 e. The van der Waals surface area contributed by atoms with Gasteiger partial charge in [-0.05, 0) is 37.5 Å². The smallest absolute Gasteiger partial charge is 0.337 e. The monoisotopic (exact) mass is 355 g/mol. The lowest BCUT2D eigenvalue weighted by Gasteiger charge is -2.22. The fourth-order valence-corrected chi connectivity index (χ4v) is 2.73. The number of carbonyl (C=O) groups is 2. The molecule has 2 aromatic rings. The lowest BCUT2D eigenvalue weighted by Crippen LogP contribution is -2.33. The van der Waals surface area contributed by atoms with Gasteiger partial charge in [0.1, 0.15) is 5.69 Å². The highest BCUT2D eigenvalue weighted by Gasteiger charge is 2.34. The second-order valence-electron chi connectivity index (χ2n) is 6.22. The second kappa shape index (κ2) is 6.91. The van der Waals surface area contributed by atoms with Gasteiger partial charge in [0.2, 0.25) is 0 Å². The Bertz CT molecular complexity index is 875. The maximum atomic E-state index is 12.8. The highest BCUT2D eigenvalue weighted by molar-refractivity contribution is 5.94. The van der Waals surface area contributed by atoms with Crippen molar-refractivity contribution < 1.29 is 19.6 Å². The van der Waals surface area contributed by atoms with E-state index in [1.165, 1.54) is 24.3 Å². The first-order chi connectivity index (χ1) is 12.4. The van der Waals surface area contributed by atoms with E-state index in [2.05, 4.69) is 4.98 Å². The van der Waals surface area contributed by atoms with Crippen LogP contribution in [0.15, 0.2) is 36.4 Å². The molecule has 0 aliphatic heterocycles. The van der Waals surface area contributed by atoms with Gasteiger partial charge in [-0.25, -0.2) is 9.78 Å². The summed E-state index contributed by atoms with van der Waals surface area (Å²) in [4.78, 5) is 40.0. The van der Waals surface area contributed by atoms with Gasteiger partial charge in [0.25, 0.3) is 11.6 Å². The summed E-state index contributed by atoms with van der Waals surface area (Å²) in [5.41, 5.74) is 1.33. The number of nitro benzene ring substituents is 1. The van der Waals surface area contributed by atoms with Gasteiger partial charge >= 0.3 is 5.97 Å². The molecule has 1 heterocycles. The molecule has 0 spiro atoms. The number of carboxylic acid groups (broad SMARTS) is 1.